The summed E-state index contributed by atoms with van der Waals surface area (Å²) in [4.78, 5) is 0.893. The molecule has 2 unspecified atom stereocenters. The molecule has 1 aliphatic rings. The molecule has 1 aliphatic heterocycles. The van der Waals surface area contributed by atoms with Crippen molar-refractivity contribution in [1.29, 1.82) is 0 Å². The molecule has 2 nitrogen and oxygen atoms in total. The van der Waals surface area contributed by atoms with Crippen molar-refractivity contribution in [2.75, 3.05) is 6.61 Å². The van der Waals surface area contributed by atoms with Gasteiger partial charge in [0.1, 0.15) is 0 Å². The van der Waals surface area contributed by atoms with Gasteiger partial charge in [0, 0.05) is 23.8 Å². The maximum Gasteiger partial charge on any atom is 0.448 e. The Kier molecular flexibility index (Phi) is 3.97. The largest absolute Gasteiger partial charge is 0.460 e. The highest BCUT2D eigenvalue weighted by Crippen LogP contribution is 2.39. The van der Waals surface area contributed by atoms with Crippen molar-refractivity contribution in [2.24, 2.45) is 0 Å². The van der Waals surface area contributed by atoms with Crippen LogP contribution in [0.4, 0.5) is 13.2 Å². The average Bonchev–Trinajstić information content (AvgIpc) is 2.81. The zero-order valence-corrected chi connectivity index (χ0v) is 10.6. The number of allylic oxidation sites excluding steroid dienone is 2. The van der Waals surface area contributed by atoms with Gasteiger partial charge >= 0.3 is 6.18 Å². The van der Waals surface area contributed by atoms with Crippen LogP contribution >= 0.6 is 11.3 Å². The predicted molar refractivity (Wildman–Crippen MR) is 62.3 cm³/mol. The molecule has 1 aromatic heterocycles. The Morgan fingerprint density at radius 2 is 2.28 bits per heavy atom. The number of thiophene rings is 1. The third kappa shape index (κ3) is 3.05. The van der Waals surface area contributed by atoms with Crippen molar-refractivity contribution < 1.29 is 22.6 Å². The quantitative estimate of drug-likeness (QED) is 0.830. The highest BCUT2D eigenvalue weighted by molar-refractivity contribution is 7.10. The summed E-state index contributed by atoms with van der Waals surface area (Å²) in [5, 5.41) is 1.85. The Balaban J connectivity index is 2.23. The lowest BCUT2D eigenvalue weighted by molar-refractivity contribution is -0.194. The van der Waals surface area contributed by atoms with Gasteiger partial charge < -0.3 is 9.47 Å². The van der Waals surface area contributed by atoms with Crippen molar-refractivity contribution in [3.63, 3.8) is 0 Å². The van der Waals surface area contributed by atoms with E-state index >= 15 is 0 Å². The van der Waals surface area contributed by atoms with Gasteiger partial charge in [0.2, 0.25) is 12.0 Å². The molecule has 0 fully saturated rings. The molecule has 0 amide bonds. The Bertz CT molecular complexity index is 411. The first kappa shape index (κ1) is 13.4. The van der Waals surface area contributed by atoms with Crippen LogP contribution in [0.1, 0.15) is 24.1 Å². The third-order valence-electron chi connectivity index (χ3n) is 2.60. The van der Waals surface area contributed by atoms with Gasteiger partial charge in [0.15, 0.2) is 0 Å². The fourth-order valence-corrected chi connectivity index (χ4v) is 2.65. The number of hydrogen-bond donors (Lipinski definition) is 0. The fraction of sp³-hybridized carbons (Fsp3) is 0.500. The molecule has 2 rings (SSSR count). The summed E-state index contributed by atoms with van der Waals surface area (Å²) in [5.41, 5.74) is 0. The van der Waals surface area contributed by atoms with Crippen LogP contribution in [0.5, 0.6) is 0 Å². The summed E-state index contributed by atoms with van der Waals surface area (Å²) < 4.78 is 48.2. The second-order valence-electron chi connectivity index (χ2n) is 3.89. The molecule has 1 aromatic rings. The lowest BCUT2D eigenvalue weighted by atomic mass is 10.00. The van der Waals surface area contributed by atoms with Crippen LogP contribution in [-0.4, -0.2) is 19.1 Å². The van der Waals surface area contributed by atoms with E-state index in [9.17, 15) is 13.2 Å². The SMILES string of the molecule is CCOC1CC(c2cccs2)C=C(C(F)(F)F)O1. The zero-order valence-electron chi connectivity index (χ0n) is 9.74. The molecule has 18 heavy (non-hydrogen) atoms. The standard InChI is InChI=1S/C12H13F3O2S/c1-2-16-11-7-8(9-4-3-5-18-9)6-10(17-11)12(13,14)15/h3-6,8,11H,2,7H2,1H3. The van der Waals surface area contributed by atoms with E-state index < -0.39 is 18.2 Å². The second kappa shape index (κ2) is 5.32. The molecule has 0 saturated heterocycles. The van der Waals surface area contributed by atoms with E-state index in [1.165, 1.54) is 11.3 Å². The molecule has 0 spiro atoms. The molecule has 0 saturated carbocycles. The highest BCUT2D eigenvalue weighted by atomic mass is 32.1. The van der Waals surface area contributed by atoms with Gasteiger partial charge in [-0.05, 0) is 24.4 Å². The molecular formula is C12H13F3O2S. The third-order valence-corrected chi connectivity index (χ3v) is 3.60. The van der Waals surface area contributed by atoms with E-state index in [1.807, 2.05) is 17.5 Å². The second-order valence-corrected chi connectivity index (χ2v) is 4.87. The van der Waals surface area contributed by atoms with Gasteiger partial charge in [0.05, 0.1) is 0 Å². The van der Waals surface area contributed by atoms with Crippen LogP contribution in [0.15, 0.2) is 29.3 Å². The summed E-state index contributed by atoms with van der Waals surface area (Å²) in [6, 6.07) is 3.65. The predicted octanol–water partition coefficient (Wildman–Crippen LogP) is 4.06. The smallest absolute Gasteiger partial charge is 0.448 e. The first-order valence-corrected chi connectivity index (χ1v) is 6.49. The molecular weight excluding hydrogens is 265 g/mol. The number of halogens is 3. The molecule has 0 aliphatic carbocycles. The Hall–Kier alpha value is -1.01. The van der Waals surface area contributed by atoms with Crippen molar-refractivity contribution in [3.8, 4) is 0 Å². The maximum absolute atomic E-state index is 12.7. The van der Waals surface area contributed by atoms with Crippen LogP contribution in [0.3, 0.4) is 0 Å². The monoisotopic (exact) mass is 278 g/mol. The first-order valence-electron chi connectivity index (χ1n) is 5.61. The minimum Gasteiger partial charge on any atom is -0.460 e. The van der Waals surface area contributed by atoms with Crippen LogP contribution in [0.25, 0.3) is 0 Å². The molecule has 100 valence electrons. The van der Waals surface area contributed by atoms with Crippen LogP contribution in [0.2, 0.25) is 0 Å². The zero-order chi connectivity index (χ0) is 13.2. The van der Waals surface area contributed by atoms with Crippen LogP contribution in [0, 0.1) is 0 Å². The van der Waals surface area contributed by atoms with E-state index in [-0.39, 0.29) is 5.92 Å². The lowest BCUT2D eigenvalue weighted by Gasteiger charge is -2.29. The van der Waals surface area contributed by atoms with Crippen molar-refractivity contribution in [1.82, 2.24) is 0 Å². The summed E-state index contributed by atoms with van der Waals surface area (Å²) in [5.74, 6) is -1.25. The molecule has 6 heteroatoms. The highest BCUT2D eigenvalue weighted by Gasteiger charge is 2.41. The Morgan fingerprint density at radius 3 is 2.83 bits per heavy atom. The number of ether oxygens (including phenoxy) is 2. The molecule has 0 N–H and O–H groups in total. The average molecular weight is 278 g/mol. The minimum atomic E-state index is -4.47. The molecule has 0 aromatic carbocycles. The van der Waals surface area contributed by atoms with E-state index in [0.29, 0.717) is 13.0 Å². The first-order chi connectivity index (χ1) is 8.50. The molecule has 2 atom stereocenters. The van der Waals surface area contributed by atoms with E-state index in [1.54, 1.807) is 6.92 Å². The molecule has 0 radical (unpaired) electrons. The van der Waals surface area contributed by atoms with E-state index in [0.717, 1.165) is 11.0 Å². The van der Waals surface area contributed by atoms with Gasteiger partial charge in [-0.25, -0.2) is 0 Å². The van der Waals surface area contributed by atoms with Crippen molar-refractivity contribution in [3.05, 3.63) is 34.2 Å². The van der Waals surface area contributed by atoms with Crippen molar-refractivity contribution >= 4 is 11.3 Å². The topological polar surface area (TPSA) is 18.5 Å². The van der Waals surface area contributed by atoms with Gasteiger partial charge in [-0.1, -0.05) is 6.07 Å². The van der Waals surface area contributed by atoms with E-state index in [2.05, 4.69) is 0 Å². The number of rotatable bonds is 3. The van der Waals surface area contributed by atoms with Gasteiger partial charge in [0.25, 0.3) is 0 Å². The van der Waals surface area contributed by atoms with E-state index in [4.69, 9.17) is 9.47 Å². The van der Waals surface area contributed by atoms with Gasteiger partial charge in [-0.2, -0.15) is 13.2 Å². The fourth-order valence-electron chi connectivity index (χ4n) is 1.84. The molecule has 0 bridgehead atoms. The normalized spacial score (nSPS) is 24.6. The Morgan fingerprint density at radius 1 is 1.50 bits per heavy atom. The molecule has 2 heterocycles. The van der Waals surface area contributed by atoms with Crippen molar-refractivity contribution in [2.45, 2.75) is 31.7 Å². The number of alkyl halides is 3. The number of hydrogen-bond acceptors (Lipinski definition) is 3. The summed E-state index contributed by atoms with van der Waals surface area (Å²) in [7, 11) is 0. The summed E-state index contributed by atoms with van der Waals surface area (Å²) in [6.07, 6.45) is -3.75. The van der Waals surface area contributed by atoms with Gasteiger partial charge in [-0.15, -0.1) is 11.3 Å². The van der Waals surface area contributed by atoms with Crippen LogP contribution < -0.4 is 0 Å². The Labute approximate surface area is 107 Å². The maximum atomic E-state index is 12.7. The summed E-state index contributed by atoms with van der Waals surface area (Å²) >= 11 is 1.44. The lowest BCUT2D eigenvalue weighted by Crippen LogP contribution is -2.29. The van der Waals surface area contributed by atoms with Crippen LogP contribution in [-0.2, 0) is 9.47 Å². The minimum absolute atomic E-state index is 0.299. The summed E-state index contributed by atoms with van der Waals surface area (Å²) in [6.45, 7) is 2.06. The van der Waals surface area contributed by atoms with Gasteiger partial charge in [-0.3, -0.25) is 0 Å².